The van der Waals surface area contributed by atoms with Gasteiger partial charge in [0.25, 0.3) is 5.91 Å². The average molecular weight is 302 g/mol. The molecule has 0 saturated heterocycles. The number of aromatic nitrogens is 2. The zero-order valence-electron chi connectivity index (χ0n) is 11.4. The lowest BCUT2D eigenvalue weighted by atomic mass is 10.1. The zero-order chi connectivity index (χ0) is 14.8. The van der Waals surface area contributed by atoms with Crippen molar-refractivity contribution in [3.8, 4) is 0 Å². The Labute approximate surface area is 125 Å². The van der Waals surface area contributed by atoms with Crippen LogP contribution in [0.2, 0.25) is 0 Å². The van der Waals surface area contributed by atoms with Gasteiger partial charge in [0.2, 0.25) is 11.0 Å². The maximum Gasteiger partial charge on any atom is 0.259 e. The van der Waals surface area contributed by atoms with E-state index in [1.165, 1.54) is 18.5 Å². The molecule has 2 N–H and O–H groups in total. The normalized spacial score (nSPS) is 13.8. The van der Waals surface area contributed by atoms with E-state index in [2.05, 4.69) is 20.0 Å². The number of hydrogen-bond acceptors (Lipinski definition) is 5. The molecular weight excluding hydrogens is 288 g/mol. The van der Waals surface area contributed by atoms with Crippen LogP contribution in [0.25, 0.3) is 0 Å². The molecule has 0 bridgehead atoms. The number of amides is 2. The maximum absolute atomic E-state index is 12.3. The van der Waals surface area contributed by atoms with Crippen molar-refractivity contribution in [3.05, 3.63) is 35.7 Å². The standard InChI is InChI=1S/C14H14N4O2S/c1-8(19)15-11-5-3-2-4-10(11)13(20)17-14-16-12(18-21-14)9-6-7-9/h2-5,9H,6-7H2,1H3,(H,15,19)(H,16,17,18,20). The van der Waals surface area contributed by atoms with Crippen LogP contribution in [0, 0.1) is 0 Å². The van der Waals surface area contributed by atoms with Crippen molar-refractivity contribution in [1.82, 2.24) is 9.36 Å². The first kappa shape index (κ1) is 13.7. The quantitative estimate of drug-likeness (QED) is 0.909. The Morgan fingerprint density at radius 1 is 1.24 bits per heavy atom. The van der Waals surface area contributed by atoms with Crippen LogP contribution in [0.4, 0.5) is 10.8 Å². The van der Waals surface area contributed by atoms with Crippen LogP contribution in [-0.4, -0.2) is 21.2 Å². The van der Waals surface area contributed by atoms with E-state index in [0.29, 0.717) is 22.3 Å². The van der Waals surface area contributed by atoms with Gasteiger partial charge in [-0.1, -0.05) is 12.1 Å². The molecule has 1 fully saturated rings. The highest BCUT2D eigenvalue weighted by Gasteiger charge is 2.28. The van der Waals surface area contributed by atoms with Crippen LogP contribution in [-0.2, 0) is 4.79 Å². The first-order valence-corrected chi connectivity index (χ1v) is 7.42. The average Bonchev–Trinajstić information content (AvgIpc) is 3.19. The van der Waals surface area contributed by atoms with Crippen LogP contribution >= 0.6 is 11.5 Å². The van der Waals surface area contributed by atoms with E-state index in [-0.39, 0.29) is 11.8 Å². The SMILES string of the molecule is CC(=O)Nc1ccccc1C(=O)Nc1nc(C2CC2)ns1. The second-order valence-corrected chi connectivity index (χ2v) is 5.66. The summed E-state index contributed by atoms with van der Waals surface area (Å²) in [6.45, 7) is 1.40. The number of benzene rings is 1. The smallest absolute Gasteiger partial charge is 0.259 e. The molecule has 3 rings (SSSR count). The fourth-order valence-corrected chi connectivity index (χ4v) is 2.58. The second kappa shape index (κ2) is 5.61. The minimum atomic E-state index is -0.308. The van der Waals surface area contributed by atoms with E-state index in [4.69, 9.17) is 0 Å². The molecule has 2 aromatic rings. The van der Waals surface area contributed by atoms with E-state index >= 15 is 0 Å². The van der Waals surface area contributed by atoms with Crippen LogP contribution in [0.5, 0.6) is 0 Å². The molecule has 2 amide bonds. The molecule has 1 aliphatic rings. The van der Waals surface area contributed by atoms with E-state index in [0.717, 1.165) is 18.7 Å². The lowest BCUT2D eigenvalue weighted by Gasteiger charge is -2.08. The monoisotopic (exact) mass is 302 g/mol. The minimum Gasteiger partial charge on any atom is -0.326 e. The van der Waals surface area contributed by atoms with Crippen molar-refractivity contribution in [3.63, 3.8) is 0 Å². The molecular formula is C14H14N4O2S. The first-order valence-electron chi connectivity index (χ1n) is 6.65. The Hall–Kier alpha value is -2.28. The van der Waals surface area contributed by atoms with Crippen LogP contribution in [0.15, 0.2) is 24.3 Å². The van der Waals surface area contributed by atoms with Gasteiger partial charge in [0.05, 0.1) is 11.3 Å². The molecule has 7 heteroatoms. The summed E-state index contributed by atoms with van der Waals surface area (Å²) in [6.07, 6.45) is 2.24. The van der Waals surface area contributed by atoms with E-state index < -0.39 is 0 Å². The number of para-hydroxylation sites is 1. The fraction of sp³-hybridized carbons (Fsp3) is 0.286. The molecule has 0 aliphatic heterocycles. The number of anilines is 2. The summed E-state index contributed by atoms with van der Waals surface area (Å²) >= 11 is 1.18. The summed E-state index contributed by atoms with van der Waals surface area (Å²) in [4.78, 5) is 27.8. The molecule has 0 radical (unpaired) electrons. The van der Waals surface area contributed by atoms with E-state index in [1.807, 2.05) is 0 Å². The molecule has 1 aromatic carbocycles. The molecule has 108 valence electrons. The largest absolute Gasteiger partial charge is 0.326 e. The Balaban J connectivity index is 1.76. The highest BCUT2D eigenvalue weighted by atomic mass is 32.1. The number of nitrogens with zero attached hydrogens (tertiary/aromatic N) is 2. The predicted molar refractivity (Wildman–Crippen MR) is 80.6 cm³/mol. The van der Waals surface area contributed by atoms with Crippen molar-refractivity contribution >= 4 is 34.2 Å². The number of carbonyl (C=O) groups is 2. The Morgan fingerprint density at radius 3 is 2.71 bits per heavy atom. The van der Waals surface area contributed by atoms with Crippen molar-refractivity contribution in [2.24, 2.45) is 0 Å². The fourth-order valence-electron chi connectivity index (χ4n) is 1.94. The number of hydrogen-bond donors (Lipinski definition) is 2. The summed E-state index contributed by atoms with van der Waals surface area (Å²) in [5, 5.41) is 5.86. The Kier molecular flexibility index (Phi) is 3.66. The Morgan fingerprint density at radius 2 is 2.00 bits per heavy atom. The van der Waals surface area contributed by atoms with Gasteiger partial charge in [-0.25, -0.2) is 4.98 Å². The van der Waals surface area contributed by atoms with Gasteiger partial charge in [0, 0.05) is 24.4 Å². The summed E-state index contributed by atoms with van der Waals surface area (Å²) in [5.41, 5.74) is 0.880. The number of nitrogens with one attached hydrogen (secondary N) is 2. The highest BCUT2D eigenvalue weighted by Crippen LogP contribution is 2.39. The van der Waals surface area contributed by atoms with Gasteiger partial charge >= 0.3 is 0 Å². The molecule has 1 heterocycles. The van der Waals surface area contributed by atoms with E-state index in [9.17, 15) is 9.59 Å². The van der Waals surface area contributed by atoms with Crippen molar-refractivity contribution in [2.45, 2.75) is 25.7 Å². The molecule has 1 aliphatic carbocycles. The minimum absolute atomic E-state index is 0.220. The van der Waals surface area contributed by atoms with Crippen LogP contribution < -0.4 is 10.6 Å². The van der Waals surface area contributed by atoms with Gasteiger partial charge in [0.15, 0.2) is 0 Å². The van der Waals surface area contributed by atoms with Gasteiger partial charge in [-0.15, -0.1) is 0 Å². The van der Waals surface area contributed by atoms with Gasteiger partial charge in [-0.05, 0) is 25.0 Å². The third kappa shape index (κ3) is 3.25. The Bertz CT molecular complexity index is 694. The first-order chi connectivity index (χ1) is 10.1. The van der Waals surface area contributed by atoms with Crippen molar-refractivity contribution in [1.29, 1.82) is 0 Å². The summed E-state index contributed by atoms with van der Waals surface area (Å²) in [7, 11) is 0. The summed E-state index contributed by atoms with van der Waals surface area (Å²) in [6, 6.07) is 6.85. The highest BCUT2D eigenvalue weighted by molar-refractivity contribution is 7.09. The maximum atomic E-state index is 12.3. The third-order valence-corrected chi connectivity index (χ3v) is 3.73. The van der Waals surface area contributed by atoms with Crippen molar-refractivity contribution in [2.75, 3.05) is 10.6 Å². The number of rotatable bonds is 4. The van der Waals surface area contributed by atoms with Crippen LogP contribution in [0.1, 0.15) is 41.9 Å². The van der Waals surface area contributed by atoms with Gasteiger partial charge in [-0.2, -0.15) is 4.37 Å². The van der Waals surface area contributed by atoms with Crippen molar-refractivity contribution < 1.29 is 9.59 Å². The van der Waals surface area contributed by atoms with Crippen LogP contribution in [0.3, 0.4) is 0 Å². The summed E-state index contributed by atoms with van der Waals surface area (Å²) < 4.78 is 4.24. The van der Waals surface area contributed by atoms with E-state index in [1.54, 1.807) is 24.3 Å². The molecule has 0 unspecified atom stereocenters. The topological polar surface area (TPSA) is 84.0 Å². The number of carbonyl (C=O) groups excluding carboxylic acids is 2. The molecule has 6 nitrogen and oxygen atoms in total. The second-order valence-electron chi connectivity index (χ2n) is 4.91. The molecule has 21 heavy (non-hydrogen) atoms. The molecule has 0 atom stereocenters. The lowest BCUT2D eigenvalue weighted by Crippen LogP contribution is -2.16. The predicted octanol–water partition coefficient (Wildman–Crippen LogP) is 2.63. The van der Waals surface area contributed by atoms with Gasteiger partial charge < -0.3 is 5.32 Å². The lowest BCUT2D eigenvalue weighted by molar-refractivity contribution is -0.114. The van der Waals surface area contributed by atoms with Gasteiger partial charge in [-0.3, -0.25) is 14.9 Å². The third-order valence-electron chi connectivity index (χ3n) is 3.09. The molecule has 0 spiro atoms. The zero-order valence-corrected chi connectivity index (χ0v) is 12.2. The van der Waals surface area contributed by atoms with Gasteiger partial charge in [0.1, 0.15) is 5.82 Å². The molecule has 1 aromatic heterocycles. The summed E-state index contributed by atoms with van der Waals surface area (Å²) in [5.74, 6) is 0.740. The molecule has 1 saturated carbocycles.